The Morgan fingerprint density at radius 1 is 1.00 bits per heavy atom. The number of fused-ring (bicyclic) bond motifs is 1. The molecule has 0 aliphatic carbocycles. The van der Waals surface area contributed by atoms with Crippen molar-refractivity contribution in [1.29, 1.82) is 0 Å². The fourth-order valence-electron chi connectivity index (χ4n) is 3.76. The van der Waals surface area contributed by atoms with Gasteiger partial charge in [0.25, 0.3) is 0 Å². The lowest BCUT2D eigenvalue weighted by molar-refractivity contribution is 0.742. The first kappa shape index (κ1) is 20.5. The predicted molar refractivity (Wildman–Crippen MR) is 122 cm³/mol. The summed E-state index contributed by atoms with van der Waals surface area (Å²) in [6.45, 7) is 8.74. The molecule has 0 aliphatic rings. The molecule has 28 heavy (non-hydrogen) atoms. The van der Waals surface area contributed by atoms with Gasteiger partial charge < -0.3 is 9.80 Å². The average molecular weight is 399 g/mol. The van der Waals surface area contributed by atoms with Crippen molar-refractivity contribution in [1.82, 2.24) is 9.61 Å². The van der Waals surface area contributed by atoms with Crippen molar-refractivity contribution in [3.05, 3.63) is 47.1 Å². The van der Waals surface area contributed by atoms with Gasteiger partial charge in [-0.2, -0.15) is 5.10 Å². The van der Waals surface area contributed by atoms with E-state index >= 15 is 0 Å². The van der Waals surface area contributed by atoms with E-state index in [1.54, 1.807) is 0 Å². The van der Waals surface area contributed by atoms with Crippen LogP contribution in [0.5, 0.6) is 0 Å². The minimum Gasteiger partial charge on any atom is -0.378 e. The lowest BCUT2D eigenvalue weighted by Crippen LogP contribution is -2.25. The molecule has 2 aromatic heterocycles. The second-order valence-corrected chi connectivity index (χ2v) is 7.81. The molecule has 0 bridgehead atoms. The molecule has 150 valence electrons. The van der Waals surface area contributed by atoms with Gasteiger partial charge in [-0.05, 0) is 49.6 Å². The Bertz CT molecular complexity index is 939. The number of anilines is 2. The first-order chi connectivity index (χ1) is 13.5. The van der Waals surface area contributed by atoms with Crippen LogP contribution in [0.1, 0.15) is 39.3 Å². The van der Waals surface area contributed by atoms with Crippen LogP contribution in [0, 0.1) is 0 Å². The van der Waals surface area contributed by atoms with Crippen LogP contribution in [0.15, 0.2) is 36.4 Å². The highest BCUT2D eigenvalue weighted by molar-refractivity contribution is 6.33. The molecule has 0 N–H and O–H groups in total. The standard InChI is InChI=1S/C23H31ClN4/c1-6-14-27(15-7-2)23-20(8-3)25-28-21(10-9-11-22(23)28)18-13-12-17(26(4)5)16-19(18)24/h9-13,16H,6-8,14-15H2,1-5H3. The van der Waals surface area contributed by atoms with Crippen LogP contribution >= 0.6 is 11.6 Å². The van der Waals surface area contributed by atoms with Gasteiger partial charge in [0.2, 0.25) is 0 Å². The van der Waals surface area contributed by atoms with Gasteiger partial charge >= 0.3 is 0 Å². The molecular formula is C23H31ClN4. The summed E-state index contributed by atoms with van der Waals surface area (Å²) in [5.74, 6) is 0. The maximum absolute atomic E-state index is 6.67. The largest absolute Gasteiger partial charge is 0.378 e. The SMILES string of the molecule is CCCN(CCC)c1c(CC)nn2c(-c3ccc(N(C)C)cc3Cl)cccc12. The van der Waals surface area contributed by atoms with Crippen LogP contribution in [0.2, 0.25) is 5.02 Å². The zero-order valence-corrected chi connectivity index (χ0v) is 18.4. The Morgan fingerprint density at radius 2 is 1.71 bits per heavy atom. The number of pyridine rings is 1. The molecule has 0 radical (unpaired) electrons. The summed E-state index contributed by atoms with van der Waals surface area (Å²) in [6.07, 6.45) is 3.16. The molecule has 4 nitrogen and oxygen atoms in total. The number of aromatic nitrogens is 2. The van der Waals surface area contributed by atoms with Gasteiger partial charge in [0.05, 0.1) is 27.6 Å². The van der Waals surface area contributed by atoms with E-state index in [9.17, 15) is 0 Å². The fraction of sp³-hybridized carbons (Fsp3) is 0.435. The molecule has 0 aliphatic heterocycles. The quantitative estimate of drug-likeness (QED) is 0.471. The molecule has 0 saturated heterocycles. The van der Waals surface area contributed by atoms with E-state index in [0.29, 0.717) is 0 Å². The summed E-state index contributed by atoms with van der Waals surface area (Å²) >= 11 is 6.67. The maximum atomic E-state index is 6.67. The van der Waals surface area contributed by atoms with Crippen LogP contribution < -0.4 is 9.80 Å². The van der Waals surface area contributed by atoms with E-state index in [1.807, 2.05) is 20.2 Å². The number of nitrogens with zero attached hydrogens (tertiary/aromatic N) is 4. The Labute approximate surface area is 173 Å². The van der Waals surface area contributed by atoms with Crippen molar-refractivity contribution in [2.24, 2.45) is 0 Å². The molecule has 0 fully saturated rings. The summed E-state index contributed by atoms with van der Waals surface area (Å²) in [4.78, 5) is 4.55. The molecule has 1 aromatic carbocycles. The van der Waals surface area contributed by atoms with Crippen molar-refractivity contribution in [2.45, 2.75) is 40.0 Å². The normalized spacial score (nSPS) is 11.2. The lowest BCUT2D eigenvalue weighted by atomic mass is 10.1. The van der Waals surface area contributed by atoms with E-state index in [1.165, 1.54) is 5.69 Å². The van der Waals surface area contributed by atoms with Crippen LogP contribution in [0.3, 0.4) is 0 Å². The minimum absolute atomic E-state index is 0.743. The van der Waals surface area contributed by atoms with Crippen molar-refractivity contribution in [3.63, 3.8) is 0 Å². The summed E-state index contributed by atoms with van der Waals surface area (Å²) in [5.41, 5.74) is 6.70. The van der Waals surface area contributed by atoms with E-state index < -0.39 is 0 Å². The molecule has 0 saturated carbocycles. The van der Waals surface area contributed by atoms with Gasteiger partial charge in [-0.25, -0.2) is 4.52 Å². The molecule has 5 heteroatoms. The first-order valence-electron chi connectivity index (χ1n) is 10.2. The third kappa shape index (κ3) is 3.83. The van der Waals surface area contributed by atoms with Crippen molar-refractivity contribution >= 4 is 28.5 Å². The zero-order valence-electron chi connectivity index (χ0n) is 17.7. The lowest BCUT2D eigenvalue weighted by Gasteiger charge is -2.24. The smallest absolute Gasteiger partial charge is 0.0905 e. The second kappa shape index (κ2) is 8.87. The van der Waals surface area contributed by atoms with Gasteiger partial charge in [-0.1, -0.05) is 38.4 Å². The Kier molecular flexibility index (Phi) is 6.50. The van der Waals surface area contributed by atoms with Gasteiger partial charge in [0.15, 0.2) is 0 Å². The number of hydrogen-bond acceptors (Lipinski definition) is 3. The van der Waals surface area contributed by atoms with Crippen molar-refractivity contribution in [3.8, 4) is 11.3 Å². The van der Waals surface area contributed by atoms with Gasteiger partial charge in [-0.3, -0.25) is 0 Å². The number of halogens is 1. The molecule has 0 atom stereocenters. The van der Waals surface area contributed by atoms with Gasteiger partial charge in [-0.15, -0.1) is 0 Å². The van der Waals surface area contributed by atoms with E-state index in [0.717, 1.165) is 65.5 Å². The number of rotatable bonds is 8. The molecule has 0 amide bonds. The topological polar surface area (TPSA) is 23.8 Å². The van der Waals surface area contributed by atoms with Gasteiger partial charge in [0.1, 0.15) is 0 Å². The number of aryl methyl sites for hydroxylation is 1. The number of hydrogen-bond donors (Lipinski definition) is 0. The number of benzene rings is 1. The minimum atomic E-state index is 0.743. The summed E-state index contributed by atoms with van der Waals surface area (Å²) < 4.78 is 2.07. The van der Waals surface area contributed by atoms with E-state index in [-0.39, 0.29) is 0 Å². The Morgan fingerprint density at radius 3 is 2.29 bits per heavy atom. The Hall–Kier alpha value is -2.20. The van der Waals surface area contributed by atoms with Crippen molar-refractivity contribution < 1.29 is 0 Å². The summed E-state index contributed by atoms with van der Waals surface area (Å²) in [7, 11) is 4.05. The fourth-order valence-corrected chi connectivity index (χ4v) is 4.03. The highest BCUT2D eigenvalue weighted by atomic mass is 35.5. The molecule has 0 spiro atoms. The predicted octanol–water partition coefficient (Wildman–Crippen LogP) is 5.91. The molecule has 2 heterocycles. The first-order valence-corrected chi connectivity index (χ1v) is 10.6. The summed E-state index contributed by atoms with van der Waals surface area (Å²) in [6, 6.07) is 12.6. The van der Waals surface area contributed by atoms with Crippen LogP contribution in [-0.4, -0.2) is 36.8 Å². The van der Waals surface area contributed by atoms with E-state index in [4.69, 9.17) is 16.7 Å². The molecule has 3 rings (SSSR count). The molecule has 0 unspecified atom stereocenters. The monoisotopic (exact) mass is 398 g/mol. The van der Waals surface area contributed by atoms with E-state index in [2.05, 4.69) is 65.4 Å². The van der Waals surface area contributed by atoms with Crippen molar-refractivity contribution in [2.75, 3.05) is 37.0 Å². The molecule has 3 aromatic rings. The Balaban J connectivity index is 2.19. The highest BCUT2D eigenvalue weighted by Gasteiger charge is 2.20. The third-order valence-electron chi connectivity index (χ3n) is 5.08. The highest BCUT2D eigenvalue weighted by Crippen LogP contribution is 2.35. The third-order valence-corrected chi connectivity index (χ3v) is 5.40. The van der Waals surface area contributed by atoms with Crippen LogP contribution in [-0.2, 0) is 6.42 Å². The second-order valence-electron chi connectivity index (χ2n) is 7.40. The summed E-state index contributed by atoms with van der Waals surface area (Å²) in [5, 5.41) is 5.74. The molecular weight excluding hydrogens is 368 g/mol. The van der Waals surface area contributed by atoms with Crippen LogP contribution in [0.4, 0.5) is 11.4 Å². The maximum Gasteiger partial charge on any atom is 0.0905 e. The van der Waals surface area contributed by atoms with Gasteiger partial charge in [0, 0.05) is 38.4 Å². The zero-order chi connectivity index (χ0) is 20.3. The van der Waals surface area contributed by atoms with Crippen LogP contribution in [0.25, 0.3) is 16.8 Å². The average Bonchev–Trinajstić information content (AvgIpc) is 3.06.